The van der Waals surface area contributed by atoms with Crippen molar-refractivity contribution in [1.29, 1.82) is 0 Å². The van der Waals surface area contributed by atoms with Crippen molar-refractivity contribution in [2.24, 2.45) is 0 Å². The normalized spacial score (nSPS) is 11.9. The van der Waals surface area contributed by atoms with E-state index in [2.05, 4.69) is 10.3 Å². The highest BCUT2D eigenvalue weighted by atomic mass is 35.5. The average molecular weight is 289 g/mol. The SMILES string of the molecule is CC[C@H](NC(=O)c1ccc(Cl)nc1)c1ccc(C)cc1. The fourth-order valence-electron chi connectivity index (χ4n) is 1.97. The molecule has 4 heteroatoms. The molecular weight excluding hydrogens is 272 g/mol. The van der Waals surface area contributed by atoms with E-state index in [0.29, 0.717) is 10.7 Å². The highest BCUT2D eigenvalue weighted by molar-refractivity contribution is 6.29. The summed E-state index contributed by atoms with van der Waals surface area (Å²) in [4.78, 5) is 16.1. The molecule has 1 N–H and O–H groups in total. The minimum absolute atomic E-state index is 0.00113. The lowest BCUT2D eigenvalue weighted by Crippen LogP contribution is -2.28. The van der Waals surface area contributed by atoms with E-state index >= 15 is 0 Å². The lowest BCUT2D eigenvalue weighted by molar-refractivity contribution is 0.0935. The van der Waals surface area contributed by atoms with Crippen molar-refractivity contribution in [2.75, 3.05) is 0 Å². The molecule has 20 heavy (non-hydrogen) atoms. The van der Waals surface area contributed by atoms with Crippen LogP contribution in [0.1, 0.15) is 40.9 Å². The molecule has 0 radical (unpaired) electrons. The molecule has 0 fully saturated rings. The van der Waals surface area contributed by atoms with Gasteiger partial charge in [-0.1, -0.05) is 48.4 Å². The maximum atomic E-state index is 12.2. The molecule has 1 aromatic heterocycles. The van der Waals surface area contributed by atoms with E-state index in [-0.39, 0.29) is 11.9 Å². The number of carbonyl (C=O) groups is 1. The fourth-order valence-corrected chi connectivity index (χ4v) is 2.08. The molecule has 0 bridgehead atoms. The second-order valence-corrected chi connectivity index (χ2v) is 5.10. The molecule has 1 heterocycles. The Balaban J connectivity index is 2.11. The second kappa shape index (κ2) is 6.53. The van der Waals surface area contributed by atoms with Gasteiger partial charge in [-0.05, 0) is 31.0 Å². The van der Waals surface area contributed by atoms with Crippen LogP contribution in [0, 0.1) is 6.92 Å². The second-order valence-electron chi connectivity index (χ2n) is 4.71. The number of carbonyl (C=O) groups excluding carboxylic acids is 1. The molecule has 0 aliphatic heterocycles. The van der Waals surface area contributed by atoms with E-state index in [4.69, 9.17) is 11.6 Å². The molecule has 1 aromatic carbocycles. The van der Waals surface area contributed by atoms with Crippen molar-refractivity contribution in [2.45, 2.75) is 26.3 Å². The number of aryl methyl sites for hydroxylation is 1. The molecule has 2 rings (SSSR count). The summed E-state index contributed by atoms with van der Waals surface area (Å²) >= 11 is 5.72. The number of hydrogen-bond acceptors (Lipinski definition) is 2. The van der Waals surface area contributed by atoms with Crippen LogP contribution in [0.4, 0.5) is 0 Å². The number of amides is 1. The van der Waals surface area contributed by atoms with Gasteiger partial charge in [0.05, 0.1) is 11.6 Å². The topological polar surface area (TPSA) is 42.0 Å². The van der Waals surface area contributed by atoms with Crippen molar-refractivity contribution in [3.05, 3.63) is 64.4 Å². The number of hydrogen-bond donors (Lipinski definition) is 1. The molecule has 2 aromatic rings. The Morgan fingerprint density at radius 2 is 1.95 bits per heavy atom. The Morgan fingerprint density at radius 1 is 1.25 bits per heavy atom. The average Bonchev–Trinajstić information content (AvgIpc) is 2.46. The predicted octanol–water partition coefficient (Wildman–Crippen LogP) is 3.92. The van der Waals surface area contributed by atoms with Crippen LogP contribution in [0.5, 0.6) is 0 Å². The van der Waals surface area contributed by atoms with Gasteiger partial charge in [-0.25, -0.2) is 4.98 Å². The van der Waals surface area contributed by atoms with Crippen molar-refractivity contribution >= 4 is 17.5 Å². The van der Waals surface area contributed by atoms with Crippen LogP contribution in [0.25, 0.3) is 0 Å². The summed E-state index contributed by atoms with van der Waals surface area (Å²) in [5, 5.41) is 3.40. The van der Waals surface area contributed by atoms with Gasteiger partial charge in [0, 0.05) is 6.20 Å². The zero-order valence-corrected chi connectivity index (χ0v) is 12.3. The quantitative estimate of drug-likeness (QED) is 0.866. The van der Waals surface area contributed by atoms with Crippen molar-refractivity contribution in [1.82, 2.24) is 10.3 Å². The van der Waals surface area contributed by atoms with Gasteiger partial charge >= 0.3 is 0 Å². The van der Waals surface area contributed by atoms with Gasteiger partial charge in [-0.2, -0.15) is 0 Å². The molecule has 0 aliphatic rings. The lowest BCUT2D eigenvalue weighted by Gasteiger charge is -2.17. The summed E-state index contributed by atoms with van der Waals surface area (Å²) in [5.74, 6) is -0.137. The van der Waals surface area contributed by atoms with Gasteiger partial charge in [0.1, 0.15) is 5.15 Å². The fraction of sp³-hybridized carbons (Fsp3) is 0.250. The van der Waals surface area contributed by atoms with Crippen molar-refractivity contribution < 1.29 is 4.79 Å². The van der Waals surface area contributed by atoms with Crippen LogP contribution < -0.4 is 5.32 Å². The number of aromatic nitrogens is 1. The van der Waals surface area contributed by atoms with Gasteiger partial charge in [-0.15, -0.1) is 0 Å². The van der Waals surface area contributed by atoms with E-state index in [9.17, 15) is 4.79 Å². The lowest BCUT2D eigenvalue weighted by atomic mass is 10.0. The first kappa shape index (κ1) is 14.5. The van der Waals surface area contributed by atoms with Crippen molar-refractivity contribution in [3.8, 4) is 0 Å². The van der Waals surface area contributed by atoms with E-state index in [1.807, 2.05) is 38.1 Å². The third kappa shape index (κ3) is 3.58. The Kier molecular flexibility index (Phi) is 4.74. The molecular formula is C16H17ClN2O. The standard InChI is InChI=1S/C16H17ClN2O/c1-3-14(12-6-4-11(2)5-7-12)19-16(20)13-8-9-15(17)18-10-13/h4-10,14H,3H2,1-2H3,(H,19,20)/t14-/m0/s1. The summed E-state index contributed by atoms with van der Waals surface area (Å²) in [6.45, 7) is 4.09. The highest BCUT2D eigenvalue weighted by Crippen LogP contribution is 2.18. The van der Waals surface area contributed by atoms with Crippen LogP contribution in [0.2, 0.25) is 5.15 Å². The smallest absolute Gasteiger partial charge is 0.253 e. The summed E-state index contributed by atoms with van der Waals surface area (Å²) in [6.07, 6.45) is 2.31. The summed E-state index contributed by atoms with van der Waals surface area (Å²) < 4.78 is 0. The Labute approximate surface area is 124 Å². The number of pyridine rings is 1. The maximum Gasteiger partial charge on any atom is 0.253 e. The van der Waals surface area contributed by atoms with Crippen LogP contribution in [0.3, 0.4) is 0 Å². The van der Waals surface area contributed by atoms with Crippen LogP contribution in [0.15, 0.2) is 42.6 Å². The minimum atomic E-state index is -0.137. The third-order valence-corrected chi connectivity index (χ3v) is 3.41. The number of halogens is 1. The summed E-state index contributed by atoms with van der Waals surface area (Å²) in [5.41, 5.74) is 2.82. The first-order valence-electron chi connectivity index (χ1n) is 6.59. The molecule has 104 valence electrons. The predicted molar refractivity (Wildman–Crippen MR) is 80.9 cm³/mol. The molecule has 1 amide bonds. The van der Waals surface area contributed by atoms with Gasteiger partial charge in [-0.3, -0.25) is 4.79 Å². The van der Waals surface area contributed by atoms with Crippen molar-refractivity contribution in [3.63, 3.8) is 0 Å². The van der Waals surface area contributed by atoms with Crippen LogP contribution >= 0.6 is 11.6 Å². The van der Waals surface area contributed by atoms with Crippen LogP contribution in [-0.4, -0.2) is 10.9 Å². The largest absolute Gasteiger partial charge is 0.345 e. The zero-order valence-electron chi connectivity index (χ0n) is 11.6. The third-order valence-electron chi connectivity index (χ3n) is 3.18. The van der Waals surface area contributed by atoms with E-state index < -0.39 is 0 Å². The minimum Gasteiger partial charge on any atom is -0.345 e. The molecule has 3 nitrogen and oxygen atoms in total. The molecule has 0 saturated carbocycles. The maximum absolute atomic E-state index is 12.2. The highest BCUT2D eigenvalue weighted by Gasteiger charge is 2.14. The Bertz CT molecular complexity index is 578. The van der Waals surface area contributed by atoms with Gasteiger partial charge < -0.3 is 5.32 Å². The molecule has 0 spiro atoms. The Hall–Kier alpha value is -1.87. The molecule has 1 atom stereocenters. The first-order chi connectivity index (χ1) is 9.60. The van der Waals surface area contributed by atoms with E-state index in [1.165, 1.54) is 11.8 Å². The van der Waals surface area contributed by atoms with Crippen LogP contribution in [-0.2, 0) is 0 Å². The Morgan fingerprint density at radius 3 is 2.50 bits per heavy atom. The molecule has 0 saturated heterocycles. The van der Waals surface area contributed by atoms with Gasteiger partial charge in [0.2, 0.25) is 0 Å². The van der Waals surface area contributed by atoms with E-state index in [0.717, 1.165) is 12.0 Å². The van der Waals surface area contributed by atoms with Gasteiger partial charge in [0.15, 0.2) is 0 Å². The number of rotatable bonds is 4. The first-order valence-corrected chi connectivity index (χ1v) is 6.97. The monoisotopic (exact) mass is 288 g/mol. The van der Waals surface area contributed by atoms with E-state index in [1.54, 1.807) is 12.1 Å². The number of benzene rings is 1. The zero-order chi connectivity index (χ0) is 14.5. The van der Waals surface area contributed by atoms with Gasteiger partial charge in [0.25, 0.3) is 5.91 Å². The molecule has 0 aliphatic carbocycles. The number of nitrogens with zero attached hydrogens (tertiary/aromatic N) is 1. The summed E-state index contributed by atoms with van der Waals surface area (Å²) in [7, 11) is 0. The summed E-state index contributed by atoms with van der Waals surface area (Å²) in [6, 6.07) is 11.5. The number of nitrogens with one attached hydrogen (secondary N) is 1. The molecule has 0 unspecified atom stereocenters.